The molecule has 1 unspecified atom stereocenters. The Morgan fingerprint density at radius 1 is 1.53 bits per heavy atom. The molecular weight excluding hydrogens is 232 g/mol. The van der Waals surface area contributed by atoms with Gasteiger partial charge >= 0.3 is 5.97 Å². The third-order valence-electron chi connectivity index (χ3n) is 1.94. The number of hydrogen-bond donors (Lipinski definition) is 1. The zero-order valence-corrected chi connectivity index (χ0v) is 10.0. The average molecular weight is 245 g/mol. The normalized spacial score (nSPS) is 12.4. The van der Waals surface area contributed by atoms with Crippen LogP contribution in [0.5, 0.6) is 0 Å². The highest BCUT2D eigenvalue weighted by Crippen LogP contribution is 2.24. The molecule has 0 fully saturated rings. The summed E-state index contributed by atoms with van der Waals surface area (Å²) < 4.78 is 0. The molecule has 0 aliphatic carbocycles. The molecule has 2 nitrogen and oxygen atoms in total. The molecule has 1 atom stereocenters. The summed E-state index contributed by atoms with van der Waals surface area (Å²) in [7, 11) is 0. The van der Waals surface area contributed by atoms with Crippen LogP contribution in [-0.4, -0.2) is 16.3 Å². The molecule has 0 aliphatic heterocycles. The van der Waals surface area contributed by atoms with Crippen LogP contribution in [0.2, 0.25) is 5.02 Å². The number of hydrogen-bond acceptors (Lipinski definition) is 2. The summed E-state index contributed by atoms with van der Waals surface area (Å²) in [5.41, 5.74) is 1.06. The second kappa shape index (κ2) is 6.03. The van der Waals surface area contributed by atoms with Crippen molar-refractivity contribution in [1.29, 1.82) is 0 Å². The van der Waals surface area contributed by atoms with Gasteiger partial charge in [-0.15, -0.1) is 0 Å². The van der Waals surface area contributed by atoms with Gasteiger partial charge in [0.2, 0.25) is 0 Å². The third-order valence-corrected chi connectivity index (χ3v) is 3.53. The number of thioether (sulfide) groups is 1. The van der Waals surface area contributed by atoms with E-state index < -0.39 is 5.97 Å². The number of aliphatic carboxylic acids is 1. The summed E-state index contributed by atoms with van der Waals surface area (Å²) in [5.74, 6) is 0.00265. The lowest BCUT2D eigenvalue weighted by Crippen LogP contribution is -2.05. The molecule has 1 N–H and O–H groups in total. The van der Waals surface area contributed by atoms with E-state index in [0.29, 0.717) is 0 Å². The summed E-state index contributed by atoms with van der Waals surface area (Å²) >= 11 is 7.59. The van der Waals surface area contributed by atoms with Crippen molar-refractivity contribution in [3.8, 4) is 0 Å². The first-order chi connectivity index (χ1) is 7.09. The van der Waals surface area contributed by atoms with Gasteiger partial charge in [0.1, 0.15) is 0 Å². The molecule has 1 aromatic carbocycles. The topological polar surface area (TPSA) is 37.3 Å². The van der Waals surface area contributed by atoms with Gasteiger partial charge in [-0.25, -0.2) is 0 Å². The quantitative estimate of drug-likeness (QED) is 0.862. The number of carboxylic acid groups (broad SMARTS) is 1. The van der Waals surface area contributed by atoms with Crippen molar-refractivity contribution >= 4 is 29.3 Å². The van der Waals surface area contributed by atoms with Gasteiger partial charge in [0.05, 0.1) is 6.42 Å². The number of rotatable bonds is 5. The molecule has 0 aliphatic rings. The van der Waals surface area contributed by atoms with Crippen LogP contribution in [0.1, 0.15) is 18.9 Å². The second-order valence-electron chi connectivity index (χ2n) is 3.31. The van der Waals surface area contributed by atoms with Crippen molar-refractivity contribution in [3.63, 3.8) is 0 Å². The zero-order valence-electron chi connectivity index (χ0n) is 8.44. The fourth-order valence-corrected chi connectivity index (χ4v) is 2.41. The lowest BCUT2D eigenvalue weighted by Gasteiger charge is -2.09. The summed E-state index contributed by atoms with van der Waals surface area (Å²) in [6.07, 6.45) is 0.190. The van der Waals surface area contributed by atoms with E-state index in [9.17, 15) is 4.79 Å². The maximum atomic E-state index is 10.4. The van der Waals surface area contributed by atoms with Gasteiger partial charge in [-0.2, -0.15) is 11.8 Å². The largest absolute Gasteiger partial charge is 0.481 e. The predicted molar refractivity (Wildman–Crippen MR) is 64.5 cm³/mol. The average Bonchev–Trinajstić information content (AvgIpc) is 2.15. The summed E-state index contributed by atoms with van der Waals surface area (Å²) in [6.45, 7) is 1.91. The molecule has 4 heteroatoms. The lowest BCUT2D eigenvalue weighted by atomic mass is 10.2. The number of carbonyl (C=O) groups is 1. The Bertz CT molecular complexity index is 341. The van der Waals surface area contributed by atoms with E-state index in [2.05, 4.69) is 0 Å². The van der Waals surface area contributed by atoms with Crippen LogP contribution in [-0.2, 0) is 10.5 Å². The van der Waals surface area contributed by atoms with Gasteiger partial charge in [-0.1, -0.05) is 36.7 Å². The second-order valence-corrected chi connectivity index (χ2v) is 5.14. The van der Waals surface area contributed by atoms with Gasteiger partial charge in [0.15, 0.2) is 0 Å². The molecule has 0 aromatic heterocycles. The fraction of sp³-hybridized carbons (Fsp3) is 0.364. The van der Waals surface area contributed by atoms with Crippen LogP contribution in [0.25, 0.3) is 0 Å². The summed E-state index contributed by atoms with van der Waals surface area (Å²) in [6, 6.07) is 7.63. The molecule has 82 valence electrons. The fourth-order valence-electron chi connectivity index (χ4n) is 1.15. The van der Waals surface area contributed by atoms with Crippen LogP contribution >= 0.6 is 23.4 Å². The highest BCUT2D eigenvalue weighted by Gasteiger charge is 2.08. The molecular formula is C11H13ClO2S. The van der Waals surface area contributed by atoms with Crippen molar-refractivity contribution in [1.82, 2.24) is 0 Å². The highest BCUT2D eigenvalue weighted by atomic mass is 35.5. The summed E-state index contributed by atoms with van der Waals surface area (Å²) in [5, 5.41) is 9.45. The standard InChI is InChI=1S/C11H13ClO2S/c1-8(6-11(13)14)15-7-9-4-2-3-5-10(9)12/h2-5,8H,6-7H2,1H3,(H,13,14). The molecule has 0 heterocycles. The van der Waals surface area contributed by atoms with Gasteiger partial charge in [-0.05, 0) is 11.6 Å². The van der Waals surface area contributed by atoms with E-state index in [1.807, 2.05) is 31.2 Å². The minimum absolute atomic E-state index is 0.110. The first kappa shape index (κ1) is 12.4. The Labute approximate surface area is 98.6 Å². The zero-order chi connectivity index (χ0) is 11.3. The predicted octanol–water partition coefficient (Wildman–Crippen LogP) is 3.44. The number of carboxylic acids is 1. The van der Waals surface area contributed by atoms with Crippen molar-refractivity contribution in [2.24, 2.45) is 0 Å². The molecule has 1 aromatic rings. The molecule has 1 rings (SSSR count). The third kappa shape index (κ3) is 4.58. The van der Waals surface area contributed by atoms with E-state index in [1.165, 1.54) is 0 Å². The monoisotopic (exact) mass is 244 g/mol. The molecule has 0 amide bonds. The Hall–Kier alpha value is -0.670. The smallest absolute Gasteiger partial charge is 0.304 e. The molecule has 15 heavy (non-hydrogen) atoms. The van der Waals surface area contributed by atoms with Gasteiger partial charge in [-0.3, -0.25) is 4.79 Å². The maximum Gasteiger partial charge on any atom is 0.304 e. The summed E-state index contributed by atoms with van der Waals surface area (Å²) in [4.78, 5) is 10.4. The molecule has 0 saturated heterocycles. The Kier molecular flexibility index (Phi) is 4.99. The number of halogens is 1. The highest BCUT2D eigenvalue weighted by molar-refractivity contribution is 7.99. The Morgan fingerprint density at radius 2 is 2.20 bits per heavy atom. The van der Waals surface area contributed by atoms with E-state index in [0.717, 1.165) is 16.3 Å². The SMILES string of the molecule is CC(CC(=O)O)SCc1ccccc1Cl. The molecule has 0 bridgehead atoms. The van der Waals surface area contributed by atoms with Crippen molar-refractivity contribution in [2.45, 2.75) is 24.3 Å². The maximum absolute atomic E-state index is 10.4. The Balaban J connectivity index is 2.43. The van der Waals surface area contributed by atoms with E-state index in [4.69, 9.17) is 16.7 Å². The van der Waals surface area contributed by atoms with Crippen LogP contribution in [0, 0.1) is 0 Å². The first-order valence-electron chi connectivity index (χ1n) is 4.66. The van der Waals surface area contributed by atoms with E-state index in [-0.39, 0.29) is 11.7 Å². The number of benzene rings is 1. The minimum atomic E-state index is -0.755. The van der Waals surface area contributed by atoms with Crippen LogP contribution < -0.4 is 0 Å². The Morgan fingerprint density at radius 3 is 2.80 bits per heavy atom. The minimum Gasteiger partial charge on any atom is -0.481 e. The lowest BCUT2D eigenvalue weighted by molar-refractivity contribution is -0.136. The molecule has 0 saturated carbocycles. The van der Waals surface area contributed by atoms with Gasteiger partial charge < -0.3 is 5.11 Å². The van der Waals surface area contributed by atoms with Gasteiger partial charge in [0, 0.05) is 16.0 Å². The molecule has 0 radical (unpaired) electrons. The van der Waals surface area contributed by atoms with Crippen molar-refractivity contribution in [2.75, 3.05) is 0 Å². The van der Waals surface area contributed by atoms with Crippen LogP contribution in [0.4, 0.5) is 0 Å². The van der Waals surface area contributed by atoms with E-state index in [1.54, 1.807) is 11.8 Å². The van der Waals surface area contributed by atoms with Crippen molar-refractivity contribution < 1.29 is 9.90 Å². The first-order valence-corrected chi connectivity index (χ1v) is 6.09. The van der Waals surface area contributed by atoms with Crippen LogP contribution in [0.15, 0.2) is 24.3 Å². The van der Waals surface area contributed by atoms with Crippen LogP contribution in [0.3, 0.4) is 0 Å². The van der Waals surface area contributed by atoms with Gasteiger partial charge in [0.25, 0.3) is 0 Å². The van der Waals surface area contributed by atoms with Crippen molar-refractivity contribution in [3.05, 3.63) is 34.9 Å². The molecule has 0 spiro atoms. The van der Waals surface area contributed by atoms with E-state index >= 15 is 0 Å².